The van der Waals surface area contributed by atoms with Gasteiger partial charge in [-0.25, -0.2) is 0 Å². The summed E-state index contributed by atoms with van der Waals surface area (Å²) < 4.78 is 0.692. The second-order valence-electron chi connectivity index (χ2n) is 9.47. The van der Waals surface area contributed by atoms with Crippen LogP contribution in [0.4, 0.5) is 0 Å². The zero-order valence-corrected chi connectivity index (χ0v) is 15.6. The second kappa shape index (κ2) is 5.32. The van der Waals surface area contributed by atoms with Gasteiger partial charge in [-0.2, -0.15) is 0 Å². The topological polar surface area (TPSA) is 98.0 Å². The van der Waals surface area contributed by atoms with Crippen molar-refractivity contribution in [3.05, 3.63) is 35.1 Å². The van der Waals surface area contributed by atoms with Crippen molar-refractivity contribution in [1.29, 1.82) is 0 Å². The molecule has 3 unspecified atom stereocenters. The molecule has 1 aliphatic heterocycles. The van der Waals surface area contributed by atoms with Gasteiger partial charge in [0.2, 0.25) is 0 Å². The molecule has 2 saturated carbocycles. The second-order valence-corrected chi connectivity index (χ2v) is 9.47. The maximum atomic E-state index is 12.5. The van der Waals surface area contributed by atoms with Crippen LogP contribution in [0.5, 0.6) is 0 Å². The highest BCUT2D eigenvalue weighted by Gasteiger charge is 2.73. The summed E-state index contributed by atoms with van der Waals surface area (Å²) in [6.07, 6.45) is 6.00. The Labute approximate surface area is 158 Å². The molecule has 146 valence electrons. The van der Waals surface area contributed by atoms with Crippen LogP contribution in [-0.4, -0.2) is 74.7 Å². The number of piperidine rings is 1. The predicted molar refractivity (Wildman–Crippen MR) is 97.6 cm³/mol. The van der Waals surface area contributed by atoms with Crippen LogP contribution in [0, 0.1) is 11.3 Å². The largest absolute Gasteiger partial charge is 0.509 e. The number of nitrogens with zero attached hydrogens (tertiary/aromatic N) is 1. The third-order valence-electron chi connectivity index (χ3n) is 7.91. The van der Waals surface area contributed by atoms with E-state index in [1.54, 1.807) is 6.08 Å². The van der Waals surface area contributed by atoms with E-state index in [1.807, 2.05) is 6.08 Å². The fraction of sp³-hybridized carbons (Fsp3) is 0.667. The van der Waals surface area contributed by atoms with Crippen molar-refractivity contribution >= 4 is 5.78 Å². The van der Waals surface area contributed by atoms with E-state index in [2.05, 4.69) is 7.05 Å². The minimum absolute atomic E-state index is 0.134. The van der Waals surface area contributed by atoms with Crippen LogP contribution in [0.2, 0.25) is 0 Å². The molecular weight excluding hydrogens is 346 g/mol. The maximum Gasteiger partial charge on any atom is 0.162 e. The van der Waals surface area contributed by atoms with Crippen molar-refractivity contribution in [3.8, 4) is 0 Å². The number of ketones is 1. The van der Waals surface area contributed by atoms with E-state index in [-0.39, 0.29) is 30.4 Å². The Morgan fingerprint density at radius 1 is 1.26 bits per heavy atom. The molecular formula is C21H28NO5+. The van der Waals surface area contributed by atoms with Crippen molar-refractivity contribution in [2.45, 2.75) is 56.0 Å². The number of likely N-dealkylation sites (tertiary alicyclic amines) is 1. The molecule has 4 aliphatic carbocycles. The summed E-state index contributed by atoms with van der Waals surface area (Å²) in [5.74, 6) is 0.142. The van der Waals surface area contributed by atoms with E-state index >= 15 is 0 Å². The van der Waals surface area contributed by atoms with E-state index < -0.39 is 23.2 Å². The number of aliphatic hydroxyl groups excluding tert-OH is 3. The maximum absolute atomic E-state index is 12.5. The van der Waals surface area contributed by atoms with Crippen LogP contribution in [0.1, 0.15) is 32.1 Å². The lowest BCUT2D eigenvalue weighted by molar-refractivity contribution is -0.944. The molecule has 3 fully saturated rings. The minimum Gasteiger partial charge on any atom is -0.509 e. The van der Waals surface area contributed by atoms with E-state index in [1.165, 1.54) is 18.9 Å². The van der Waals surface area contributed by atoms with Crippen molar-refractivity contribution in [2.75, 3.05) is 20.1 Å². The lowest BCUT2D eigenvalue weighted by atomic mass is 9.47. The summed E-state index contributed by atoms with van der Waals surface area (Å²) >= 11 is 0. The number of carbonyl (C=O) groups excluding carboxylic acids is 1. The first-order valence-electron chi connectivity index (χ1n) is 10.0. The molecule has 2 bridgehead atoms. The van der Waals surface area contributed by atoms with Crippen LogP contribution in [0.3, 0.4) is 0 Å². The number of aliphatic hydroxyl groups is 4. The van der Waals surface area contributed by atoms with Gasteiger partial charge in [0, 0.05) is 24.3 Å². The van der Waals surface area contributed by atoms with Gasteiger partial charge in [0.05, 0.1) is 25.6 Å². The normalized spacial score (nSPS) is 48.8. The third-order valence-corrected chi connectivity index (χ3v) is 7.91. The Morgan fingerprint density at radius 3 is 2.70 bits per heavy atom. The summed E-state index contributed by atoms with van der Waals surface area (Å²) in [7, 11) is 2.17. The average molecular weight is 374 g/mol. The van der Waals surface area contributed by atoms with Gasteiger partial charge in [-0.05, 0) is 37.0 Å². The highest BCUT2D eigenvalue weighted by atomic mass is 16.3. The SMILES string of the molecule is C[N+]1(CC2CC2)CC[C@@]23C4=C(O)C(O)C=CC4=C[C@@H]1[C@]2(O)CCC(=O)C3O. The van der Waals surface area contributed by atoms with Crippen LogP contribution < -0.4 is 0 Å². The highest BCUT2D eigenvalue weighted by Crippen LogP contribution is 2.63. The van der Waals surface area contributed by atoms with Gasteiger partial charge in [0.25, 0.3) is 0 Å². The van der Waals surface area contributed by atoms with Gasteiger partial charge in [-0.15, -0.1) is 0 Å². The molecule has 5 aliphatic rings. The Kier molecular flexibility index (Phi) is 3.47. The molecule has 27 heavy (non-hydrogen) atoms. The molecule has 0 amide bonds. The quantitative estimate of drug-likeness (QED) is 0.535. The molecule has 4 N–H and O–H groups in total. The van der Waals surface area contributed by atoms with E-state index in [4.69, 9.17) is 0 Å². The number of fused-ring (bicyclic) bond motifs is 1. The molecule has 0 aromatic carbocycles. The van der Waals surface area contributed by atoms with Gasteiger partial charge < -0.3 is 24.9 Å². The fourth-order valence-electron chi connectivity index (χ4n) is 6.39. The number of quaternary nitrogens is 1. The molecule has 6 nitrogen and oxygen atoms in total. The number of hydrogen-bond acceptors (Lipinski definition) is 5. The summed E-state index contributed by atoms with van der Waals surface area (Å²) in [6, 6.07) is -0.249. The monoisotopic (exact) mass is 374 g/mol. The van der Waals surface area contributed by atoms with Crippen LogP contribution >= 0.6 is 0 Å². The van der Waals surface area contributed by atoms with E-state index in [0.717, 1.165) is 12.1 Å². The van der Waals surface area contributed by atoms with Crippen molar-refractivity contribution in [3.63, 3.8) is 0 Å². The van der Waals surface area contributed by atoms with Gasteiger partial charge >= 0.3 is 0 Å². The van der Waals surface area contributed by atoms with Crippen LogP contribution in [0.15, 0.2) is 35.1 Å². The number of likely N-dealkylation sites (N-methyl/N-ethyl adjacent to an activating group) is 1. The number of hydrogen-bond donors (Lipinski definition) is 4. The zero-order valence-electron chi connectivity index (χ0n) is 15.6. The molecule has 1 heterocycles. The van der Waals surface area contributed by atoms with Gasteiger partial charge in [-0.1, -0.05) is 6.08 Å². The van der Waals surface area contributed by atoms with Gasteiger partial charge in [0.1, 0.15) is 29.6 Å². The number of rotatable bonds is 2. The van der Waals surface area contributed by atoms with Crippen molar-refractivity contribution in [1.82, 2.24) is 0 Å². The van der Waals surface area contributed by atoms with Gasteiger partial charge in [0.15, 0.2) is 5.78 Å². The molecule has 0 spiro atoms. The summed E-state index contributed by atoms with van der Waals surface area (Å²) in [5.41, 5.74) is -1.48. The molecule has 6 heteroatoms. The molecule has 1 saturated heterocycles. The summed E-state index contributed by atoms with van der Waals surface area (Å²) in [6.45, 7) is 1.70. The lowest BCUT2D eigenvalue weighted by Crippen LogP contribution is -2.79. The van der Waals surface area contributed by atoms with Crippen LogP contribution in [-0.2, 0) is 4.79 Å². The van der Waals surface area contributed by atoms with E-state index in [0.29, 0.717) is 28.9 Å². The van der Waals surface area contributed by atoms with Crippen LogP contribution in [0.25, 0.3) is 0 Å². The number of carbonyl (C=O) groups is 1. The van der Waals surface area contributed by atoms with Crippen molar-refractivity contribution < 1.29 is 29.7 Å². The summed E-state index contributed by atoms with van der Waals surface area (Å²) in [4.78, 5) is 12.5. The molecule has 0 aromatic rings. The molecule has 6 atom stereocenters. The summed E-state index contributed by atoms with van der Waals surface area (Å²) in [5, 5.41) is 44.0. The lowest BCUT2D eigenvalue weighted by Gasteiger charge is -2.65. The number of Topliss-reactive ketones (excluding diaryl/α,β-unsaturated/α-hetero) is 1. The molecule has 0 aromatic heterocycles. The average Bonchev–Trinajstić information content (AvgIpc) is 3.43. The first-order chi connectivity index (χ1) is 12.7. The number of allylic oxidation sites excluding steroid dienone is 2. The Morgan fingerprint density at radius 2 is 2.00 bits per heavy atom. The Balaban J connectivity index is 1.75. The molecule has 0 radical (unpaired) electrons. The zero-order chi connectivity index (χ0) is 19.2. The first-order valence-corrected chi connectivity index (χ1v) is 10.0. The van der Waals surface area contributed by atoms with Gasteiger partial charge in [-0.3, -0.25) is 4.79 Å². The predicted octanol–water partition coefficient (Wildman–Crippen LogP) is 0.739. The Hall–Kier alpha value is -1.47. The minimum atomic E-state index is -1.37. The smallest absolute Gasteiger partial charge is 0.162 e. The first kappa shape index (κ1) is 17.6. The highest BCUT2D eigenvalue weighted by molar-refractivity contribution is 5.87. The fourth-order valence-corrected chi connectivity index (χ4v) is 6.39. The molecule has 5 rings (SSSR count). The van der Waals surface area contributed by atoms with E-state index in [9.17, 15) is 25.2 Å². The standard InChI is InChI=1S/C21H27NO5/c1-22(11-12-2-3-12)9-8-20-17-13(4-5-14(23)18(17)25)10-16(22)21(20,27)7-6-15(24)19(20)26/h4-5,10,12,14,16,19,23,26-27H,2-3,6-9,11H2,1H3/p+1/t14?,16-,19?,20+,21-,22?/m1/s1. The Bertz CT molecular complexity index is 811. The third kappa shape index (κ3) is 2.07. The van der Waals surface area contributed by atoms with Crippen molar-refractivity contribution in [2.24, 2.45) is 11.3 Å².